The van der Waals surface area contributed by atoms with Crippen molar-refractivity contribution in [2.75, 3.05) is 13.2 Å². The summed E-state index contributed by atoms with van der Waals surface area (Å²) in [6.07, 6.45) is 5.78. The highest BCUT2D eigenvalue weighted by atomic mass is 16.7. The maximum Gasteiger partial charge on any atom is 0.306 e. The standard InChI is InChI=1S/C40H68N2O15/c1-7-8-9-10-11-12-13-14-15-16-17-18-19-20-21-22-32(48)56-38-34(42-25(2)43)39(49)54-31(24-51-27(4)45)36(38)57-40-37(53-29(6)47)33(41)35(52-28(5)46)30(55-40)23-50-26(3)44/h30-31,33-40,49H,7-24,41H2,1-6H3,(H,42,43)/t30-,31-,33-,34+,35+,36-,37-,38-,39+,40+/m1/s1. The molecule has 4 N–H and O–H groups in total. The number of aliphatic hydroxyl groups excluding tert-OH is 1. The third kappa shape index (κ3) is 19.3. The Morgan fingerprint density at radius 1 is 0.579 bits per heavy atom. The molecule has 0 saturated carbocycles. The van der Waals surface area contributed by atoms with Gasteiger partial charge in [0.15, 0.2) is 30.9 Å². The summed E-state index contributed by atoms with van der Waals surface area (Å²) in [4.78, 5) is 73.6. The number of carbonyl (C=O) groups excluding carboxylic acids is 6. The van der Waals surface area contributed by atoms with Gasteiger partial charge in [-0.3, -0.25) is 28.8 Å². The van der Waals surface area contributed by atoms with E-state index in [1.165, 1.54) is 71.1 Å². The molecule has 1 amide bonds. The Hall–Kier alpha value is -3.38. The Morgan fingerprint density at radius 2 is 1.04 bits per heavy atom. The molecule has 2 aliphatic rings. The molecule has 0 unspecified atom stereocenters. The lowest BCUT2D eigenvalue weighted by Gasteiger charge is -2.48. The van der Waals surface area contributed by atoms with Gasteiger partial charge in [0.2, 0.25) is 5.91 Å². The van der Waals surface area contributed by atoms with E-state index in [9.17, 15) is 33.9 Å². The van der Waals surface area contributed by atoms with E-state index in [2.05, 4.69) is 12.2 Å². The van der Waals surface area contributed by atoms with E-state index in [0.717, 1.165) is 53.4 Å². The van der Waals surface area contributed by atoms with Crippen LogP contribution in [-0.4, -0.2) is 115 Å². The Morgan fingerprint density at radius 3 is 1.49 bits per heavy atom. The number of rotatable bonds is 26. The number of esters is 5. The van der Waals surface area contributed by atoms with Crippen LogP contribution in [-0.2, 0) is 66.7 Å². The van der Waals surface area contributed by atoms with E-state index >= 15 is 0 Å². The van der Waals surface area contributed by atoms with Crippen LogP contribution in [0, 0.1) is 0 Å². The van der Waals surface area contributed by atoms with Gasteiger partial charge in [-0.25, -0.2) is 0 Å². The van der Waals surface area contributed by atoms with E-state index in [4.69, 9.17) is 43.6 Å². The van der Waals surface area contributed by atoms with E-state index in [1.807, 2.05) is 0 Å². The number of nitrogens with one attached hydrogen (secondary N) is 1. The van der Waals surface area contributed by atoms with Crippen LogP contribution in [0.1, 0.15) is 144 Å². The summed E-state index contributed by atoms with van der Waals surface area (Å²) in [5.41, 5.74) is 6.49. The fraction of sp³-hybridized carbons (Fsp3) is 0.850. The second kappa shape index (κ2) is 27.3. The second-order valence-electron chi connectivity index (χ2n) is 14.9. The Bertz CT molecular complexity index is 1250. The summed E-state index contributed by atoms with van der Waals surface area (Å²) in [5.74, 6) is -4.17. The molecule has 0 spiro atoms. The van der Waals surface area contributed by atoms with Crippen molar-refractivity contribution in [1.82, 2.24) is 5.32 Å². The van der Waals surface area contributed by atoms with Crippen LogP contribution in [0.4, 0.5) is 0 Å². The molecule has 0 aromatic heterocycles. The minimum absolute atomic E-state index is 0.0230. The van der Waals surface area contributed by atoms with Crippen LogP contribution in [0.2, 0.25) is 0 Å². The molecule has 0 aliphatic carbocycles. The van der Waals surface area contributed by atoms with Crippen LogP contribution in [0.5, 0.6) is 0 Å². The number of nitrogens with two attached hydrogens (primary N) is 1. The number of hydrogen-bond acceptors (Lipinski definition) is 16. The molecule has 57 heavy (non-hydrogen) atoms. The molecule has 17 nitrogen and oxygen atoms in total. The third-order valence-corrected chi connectivity index (χ3v) is 9.79. The molecular weight excluding hydrogens is 748 g/mol. The zero-order valence-corrected chi connectivity index (χ0v) is 34.7. The Labute approximate surface area is 337 Å². The van der Waals surface area contributed by atoms with Gasteiger partial charge in [0, 0.05) is 41.0 Å². The molecule has 0 radical (unpaired) electrons. The molecule has 0 aromatic carbocycles. The smallest absolute Gasteiger partial charge is 0.306 e. The maximum absolute atomic E-state index is 13.4. The SMILES string of the molecule is CCCCCCCCCCCCCCCCCC(=O)O[C@@H]1[C@H](NC(C)=O)[C@@H](O)O[C@H](COC(C)=O)[C@H]1O[C@@H]1O[C@H](COC(C)=O)[C@H](OC(C)=O)[C@@H](N)[C@H]1OC(C)=O. The molecule has 2 aliphatic heterocycles. The van der Waals surface area contributed by atoms with Crippen LogP contribution >= 0.6 is 0 Å². The lowest BCUT2D eigenvalue weighted by atomic mass is 9.94. The van der Waals surface area contributed by atoms with E-state index in [0.29, 0.717) is 6.42 Å². The first-order valence-corrected chi connectivity index (χ1v) is 20.6. The molecular formula is C40H68N2O15. The lowest BCUT2D eigenvalue weighted by molar-refractivity contribution is -0.335. The molecule has 2 rings (SSSR count). The highest BCUT2D eigenvalue weighted by Crippen LogP contribution is 2.33. The molecule has 17 heteroatoms. The van der Waals surface area contributed by atoms with Gasteiger partial charge in [-0.1, -0.05) is 96.8 Å². The average Bonchev–Trinajstić information content (AvgIpc) is 3.13. The number of aliphatic hydroxyl groups is 1. The van der Waals surface area contributed by atoms with Crippen molar-refractivity contribution in [3.63, 3.8) is 0 Å². The normalized spacial score (nSPS) is 27.2. The van der Waals surface area contributed by atoms with Crippen molar-refractivity contribution in [2.24, 2.45) is 5.73 Å². The molecule has 2 fully saturated rings. The summed E-state index contributed by atoms with van der Waals surface area (Å²) < 4.78 is 45.3. The first-order chi connectivity index (χ1) is 27.1. The fourth-order valence-electron chi connectivity index (χ4n) is 7.01. The van der Waals surface area contributed by atoms with Crippen molar-refractivity contribution >= 4 is 35.8 Å². The highest BCUT2D eigenvalue weighted by molar-refractivity contribution is 5.74. The van der Waals surface area contributed by atoms with Crippen molar-refractivity contribution in [3.8, 4) is 0 Å². The van der Waals surface area contributed by atoms with E-state index < -0.39 is 110 Å². The topological polar surface area (TPSA) is 235 Å². The quantitative estimate of drug-likeness (QED) is 0.0640. The van der Waals surface area contributed by atoms with Gasteiger partial charge < -0.3 is 54.1 Å². The lowest BCUT2D eigenvalue weighted by Crippen LogP contribution is -2.69. The first kappa shape index (κ1) is 49.8. The van der Waals surface area contributed by atoms with Crippen molar-refractivity contribution in [3.05, 3.63) is 0 Å². The molecule has 0 bridgehead atoms. The highest BCUT2D eigenvalue weighted by Gasteiger charge is 2.55. The molecule has 10 atom stereocenters. The fourth-order valence-corrected chi connectivity index (χ4v) is 7.01. The van der Waals surface area contributed by atoms with Gasteiger partial charge in [-0.15, -0.1) is 0 Å². The number of unbranched alkanes of at least 4 members (excludes halogenated alkanes) is 14. The van der Waals surface area contributed by atoms with Crippen molar-refractivity contribution in [1.29, 1.82) is 0 Å². The van der Waals surface area contributed by atoms with Crippen LogP contribution in [0.15, 0.2) is 0 Å². The summed E-state index contributed by atoms with van der Waals surface area (Å²) in [5, 5.41) is 13.6. The molecule has 0 aromatic rings. The second-order valence-corrected chi connectivity index (χ2v) is 14.9. The number of ether oxygens (including phenoxy) is 8. The minimum atomic E-state index is -1.75. The van der Waals surface area contributed by atoms with Gasteiger partial charge in [0.1, 0.15) is 37.6 Å². The van der Waals surface area contributed by atoms with Gasteiger partial charge in [-0.2, -0.15) is 0 Å². The monoisotopic (exact) mass is 816 g/mol. The van der Waals surface area contributed by atoms with Gasteiger partial charge in [-0.05, 0) is 6.42 Å². The van der Waals surface area contributed by atoms with Gasteiger partial charge in [0.05, 0.1) is 6.04 Å². The number of amides is 1. The first-order valence-electron chi connectivity index (χ1n) is 20.6. The number of carbonyl (C=O) groups is 6. The molecule has 328 valence electrons. The predicted octanol–water partition coefficient (Wildman–Crippen LogP) is 3.81. The molecule has 2 heterocycles. The Kier molecular flexibility index (Phi) is 23.9. The van der Waals surface area contributed by atoms with Crippen molar-refractivity contribution in [2.45, 2.75) is 206 Å². The van der Waals surface area contributed by atoms with Gasteiger partial charge in [0.25, 0.3) is 0 Å². The Balaban J connectivity index is 2.18. The minimum Gasteiger partial charge on any atom is -0.463 e. The molecule has 2 saturated heterocycles. The zero-order valence-electron chi connectivity index (χ0n) is 34.7. The van der Waals surface area contributed by atoms with E-state index in [-0.39, 0.29) is 6.42 Å². The third-order valence-electron chi connectivity index (χ3n) is 9.79. The van der Waals surface area contributed by atoms with Crippen LogP contribution in [0.3, 0.4) is 0 Å². The average molecular weight is 817 g/mol. The van der Waals surface area contributed by atoms with Crippen LogP contribution < -0.4 is 11.1 Å². The van der Waals surface area contributed by atoms with Gasteiger partial charge >= 0.3 is 29.8 Å². The predicted molar refractivity (Wildman–Crippen MR) is 204 cm³/mol. The number of hydrogen-bond donors (Lipinski definition) is 3. The zero-order chi connectivity index (χ0) is 42.3. The summed E-state index contributed by atoms with van der Waals surface area (Å²) in [7, 11) is 0. The maximum atomic E-state index is 13.4. The summed E-state index contributed by atoms with van der Waals surface area (Å²) in [6.45, 7) is 7.02. The summed E-state index contributed by atoms with van der Waals surface area (Å²) in [6, 6.07) is -2.67. The van der Waals surface area contributed by atoms with E-state index in [1.54, 1.807) is 0 Å². The largest absolute Gasteiger partial charge is 0.463 e. The van der Waals surface area contributed by atoms with Crippen molar-refractivity contribution < 1.29 is 71.8 Å². The summed E-state index contributed by atoms with van der Waals surface area (Å²) >= 11 is 0. The van der Waals surface area contributed by atoms with Crippen LogP contribution in [0.25, 0.3) is 0 Å².